The molecule has 0 aromatic heterocycles. The van der Waals surface area contributed by atoms with Crippen molar-refractivity contribution >= 4 is 0 Å². The highest BCUT2D eigenvalue weighted by Crippen LogP contribution is 2.34. The Bertz CT molecular complexity index is 659. The Balaban J connectivity index is 1.78. The van der Waals surface area contributed by atoms with Crippen molar-refractivity contribution < 1.29 is 14.2 Å². The van der Waals surface area contributed by atoms with Gasteiger partial charge in [0.25, 0.3) is 0 Å². The van der Waals surface area contributed by atoms with E-state index in [2.05, 4.69) is 4.90 Å². The number of nitrogens with zero attached hydrogens (tertiary/aromatic N) is 1. The van der Waals surface area contributed by atoms with E-state index in [0.717, 1.165) is 37.1 Å². The second kappa shape index (κ2) is 6.36. The molecule has 1 atom stereocenters. The fourth-order valence-electron chi connectivity index (χ4n) is 3.18. The minimum absolute atomic E-state index is 0.154. The molecular weight excluding hydrogens is 281 g/mol. The minimum Gasteiger partial charge on any atom is -0.504 e. The molecule has 1 aliphatic heterocycles. The fourth-order valence-corrected chi connectivity index (χ4v) is 3.18. The van der Waals surface area contributed by atoms with Crippen LogP contribution in [-0.4, -0.2) is 23.7 Å². The van der Waals surface area contributed by atoms with Gasteiger partial charge < -0.3 is 9.84 Å². The van der Waals surface area contributed by atoms with Crippen molar-refractivity contribution in [2.24, 2.45) is 0 Å². The lowest BCUT2D eigenvalue weighted by atomic mass is 10.0. The summed E-state index contributed by atoms with van der Waals surface area (Å²) < 4.78 is 18.5. The first-order chi connectivity index (χ1) is 10.7. The molecular formula is C18H20FNO2. The van der Waals surface area contributed by atoms with Crippen LogP contribution in [0, 0.1) is 5.82 Å². The van der Waals surface area contributed by atoms with Crippen molar-refractivity contribution in [3.63, 3.8) is 0 Å². The van der Waals surface area contributed by atoms with E-state index in [0.29, 0.717) is 5.75 Å². The van der Waals surface area contributed by atoms with E-state index in [-0.39, 0.29) is 17.6 Å². The van der Waals surface area contributed by atoms with Crippen molar-refractivity contribution in [2.75, 3.05) is 13.7 Å². The topological polar surface area (TPSA) is 32.7 Å². The maximum absolute atomic E-state index is 13.4. The van der Waals surface area contributed by atoms with Crippen molar-refractivity contribution in [1.82, 2.24) is 4.90 Å². The highest BCUT2D eigenvalue weighted by atomic mass is 19.1. The van der Waals surface area contributed by atoms with E-state index in [1.807, 2.05) is 12.1 Å². The molecule has 0 unspecified atom stereocenters. The molecule has 1 saturated heterocycles. The molecule has 0 amide bonds. The van der Waals surface area contributed by atoms with Crippen LogP contribution in [0.1, 0.15) is 30.0 Å². The molecule has 3 nitrogen and oxygen atoms in total. The summed E-state index contributed by atoms with van der Waals surface area (Å²) in [5.41, 5.74) is 2.05. The van der Waals surface area contributed by atoms with E-state index in [1.54, 1.807) is 24.3 Å². The van der Waals surface area contributed by atoms with E-state index in [9.17, 15) is 9.50 Å². The van der Waals surface area contributed by atoms with Crippen LogP contribution >= 0.6 is 0 Å². The molecule has 0 aliphatic carbocycles. The van der Waals surface area contributed by atoms with Gasteiger partial charge in [-0.1, -0.05) is 18.2 Å². The second-order valence-electron chi connectivity index (χ2n) is 5.69. The van der Waals surface area contributed by atoms with Crippen LogP contribution in [0.3, 0.4) is 0 Å². The zero-order valence-electron chi connectivity index (χ0n) is 12.6. The Morgan fingerprint density at radius 1 is 1.27 bits per heavy atom. The van der Waals surface area contributed by atoms with E-state index >= 15 is 0 Å². The van der Waals surface area contributed by atoms with Crippen molar-refractivity contribution in [3.8, 4) is 11.5 Å². The van der Waals surface area contributed by atoms with Gasteiger partial charge in [-0.15, -0.1) is 0 Å². The molecule has 0 bridgehead atoms. The smallest absolute Gasteiger partial charge is 0.160 e. The number of phenols is 1. The van der Waals surface area contributed by atoms with E-state index in [4.69, 9.17) is 4.74 Å². The summed E-state index contributed by atoms with van der Waals surface area (Å²) in [6.07, 6.45) is 2.13. The molecule has 22 heavy (non-hydrogen) atoms. The first-order valence-corrected chi connectivity index (χ1v) is 7.53. The molecule has 0 saturated carbocycles. The lowest BCUT2D eigenvalue weighted by Gasteiger charge is -2.25. The Morgan fingerprint density at radius 2 is 2.14 bits per heavy atom. The summed E-state index contributed by atoms with van der Waals surface area (Å²) >= 11 is 0. The van der Waals surface area contributed by atoms with Gasteiger partial charge in [0.15, 0.2) is 11.5 Å². The number of aromatic hydroxyl groups is 1. The zero-order chi connectivity index (χ0) is 15.5. The molecule has 0 radical (unpaired) electrons. The molecule has 2 aromatic carbocycles. The number of likely N-dealkylation sites (tertiary alicyclic amines) is 1. The number of methoxy groups -OCH3 is 1. The number of halogens is 1. The average Bonchev–Trinajstić information content (AvgIpc) is 2.95. The SMILES string of the molecule is COc1ccc(CN2CCC[C@H]2c2cccc(F)c2)cc1O. The number of phenolic OH excluding ortho intramolecular Hbond substituents is 1. The van der Waals surface area contributed by atoms with Crippen molar-refractivity contribution in [1.29, 1.82) is 0 Å². The van der Waals surface area contributed by atoms with Crippen LogP contribution < -0.4 is 4.74 Å². The molecule has 3 rings (SSSR count). The molecule has 4 heteroatoms. The van der Waals surface area contributed by atoms with Crippen LogP contribution in [-0.2, 0) is 6.54 Å². The highest BCUT2D eigenvalue weighted by molar-refractivity contribution is 5.41. The van der Waals surface area contributed by atoms with Crippen molar-refractivity contribution in [2.45, 2.75) is 25.4 Å². The molecule has 1 fully saturated rings. The number of hydrogen-bond acceptors (Lipinski definition) is 3. The maximum Gasteiger partial charge on any atom is 0.160 e. The van der Waals surface area contributed by atoms with E-state index in [1.165, 1.54) is 13.2 Å². The number of benzene rings is 2. The average molecular weight is 301 g/mol. The maximum atomic E-state index is 13.4. The van der Waals surface area contributed by atoms with Gasteiger partial charge in [0, 0.05) is 12.6 Å². The first-order valence-electron chi connectivity index (χ1n) is 7.53. The van der Waals surface area contributed by atoms with Crippen molar-refractivity contribution in [3.05, 3.63) is 59.4 Å². The van der Waals surface area contributed by atoms with Gasteiger partial charge in [-0.25, -0.2) is 4.39 Å². The molecule has 0 spiro atoms. The number of ether oxygens (including phenoxy) is 1. The Labute approximate surface area is 130 Å². The lowest BCUT2D eigenvalue weighted by molar-refractivity contribution is 0.247. The summed E-state index contributed by atoms with van der Waals surface area (Å²) in [6, 6.07) is 12.5. The zero-order valence-corrected chi connectivity index (χ0v) is 12.6. The van der Waals surface area contributed by atoms with Gasteiger partial charge >= 0.3 is 0 Å². The first kappa shape index (κ1) is 14.9. The van der Waals surface area contributed by atoms with Gasteiger partial charge in [0.1, 0.15) is 5.82 Å². The third-order valence-electron chi connectivity index (χ3n) is 4.23. The minimum atomic E-state index is -0.188. The van der Waals surface area contributed by atoms with Gasteiger partial charge in [-0.05, 0) is 54.8 Å². The predicted molar refractivity (Wildman–Crippen MR) is 83.4 cm³/mol. The quantitative estimate of drug-likeness (QED) is 0.930. The third kappa shape index (κ3) is 3.07. The molecule has 1 heterocycles. The monoisotopic (exact) mass is 301 g/mol. The Kier molecular flexibility index (Phi) is 4.29. The van der Waals surface area contributed by atoms with Crippen LogP contribution in [0.25, 0.3) is 0 Å². The number of rotatable bonds is 4. The van der Waals surface area contributed by atoms with Gasteiger partial charge in [0.2, 0.25) is 0 Å². The normalized spacial score (nSPS) is 18.5. The van der Waals surface area contributed by atoms with Crippen LogP contribution in [0.15, 0.2) is 42.5 Å². The standard InChI is InChI=1S/C18H20FNO2/c1-22-18-8-7-13(10-17(18)21)12-20-9-3-6-16(20)14-4-2-5-15(19)11-14/h2,4-5,7-8,10-11,16,21H,3,6,9,12H2,1H3/t16-/m0/s1. The molecule has 116 valence electrons. The Hall–Kier alpha value is -2.07. The summed E-state index contributed by atoms with van der Waals surface area (Å²) in [5, 5.41) is 9.89. The summed E-state index contributed by atoms with van der Waals surface area (Å²) in [4.78, 5) is 2.33. The largest absolute Gasteiger partial charge is 0.504 e. The second-order valence-corrected chi connectivity index (χ2v) is 5.69. The van der Waals surface area contributed by atoms with Crippen LogP contribution in [0.4, 0.5) is 4.39 Å². The molecule has 2 aromatic rings. The summed E-state index contributed by atoms with van der Waals surface area (Å²) in [6.45, 7) is 1.71. The lowest BCUT2D eigenvalue weighted by Crippen LogP contribution is -2.22. The van der Waals surface area contributed by atoms with Crippen LogP contribution in [0.2, 0.25) is 0 Å². The van der Waals surface area contributed by atoms with Crippen LogP contribution in [0.5, 0.6) is 11.5 Å². The predicted octanol–water partition coefficient (Wildman–Crippen LogP) is 3.88. The summed E-state index contributed by atoms with van der Waals surface area (Å²) in [5.74, 6) is 0.444. The Morgan fingerprint density at radius 3 is 2.86 bits per heavy atom. The third-order valence-corrected chi connectivity index (χ3v) is 4.23. The number of hydrogen-bond donors (Lipinski definition) is 1. The highest BCUT2D eigenvalue weighted by Gasteiger charge is 2.26. The van der Waals surface area contributed by atoms with Gasteiger partial charge in [-0.3, -0.25) is 4.90 Å². The van der Waals surface area contributed by atoms with Gasteiger partial charge in [0.05, 0.1) is 7.11 Å². The molecule has 1 N–H and O–H groups in total. The van der Waals surface area contributed by atoms with Gasteiger partial charge in [-0.2, -0.15) is 0 Å². The fraction of sp³-hybridized carbons (Fsp3) is 0.333. The molecule has 1 aliphatic rings. The van der Waals surface area contributed by atoms with E-state index < -0.39 is 0 Å². The summed E-state index contributed by atoms with van der Waals surface area (Å²) in [7, 11) is 1.54.